The summed E-state index contributed by atoms with van der Waals surface area (Å²) in [7, 11) is 1.63. The second-order valence-corrected chi connectivity index (χ2v) is 7.77. The van der Waals surface area contributed by atoms with E-state index >= 15 is 0 Å². The second-order valence-electron chi connectivity index (χ2n) is 7.77. The monoisotopic (exact) mass is 438 g/mol. The molecule has 0 fully saturated rings. The molecule has 170 valence electrons. The van der Waals surface area contributed by atoms with Gasteiger partial charge in [0.15, 0.2) is 0 Å². The summed E-state index contributed by atoms with van der Waals surface area (Å²) in [5.41, 5.74) is 3.07. The topological polar surface area (TPSA) is 105 Å². The minimum absolute atomic E-state index is 0.186. The normalized spacial score (nSPS) is 12.9. The Labute approximate surface area is 187 Å². The molecule has 0 bridgehead atoms. The summed E-state index contributed by atoms with van der Waals surface area (Å²) in [6.45, 7) is 2.11. The lowest BCUT2D eigenvalue weighted by Crippen LogP contribution is -2.05. The zero-order valence-corrected chi connectivity index (χ0v) is 18.6. The van der Waals surface area contributed by atoms with Crippen molar-refractivity contribution in [3.8, 4) is 16.9 Å². The molecule has 0 radical (unpaired) electrons. The maximum Gasteiger partial charge on any atom is 0.303 e. The summed E-state index contributed by atoms with van der Waals surface area (Å²) in [6, 6.07) is 7.64. The number of rotatable bonds is 8. The van der Waals surface area contributed by atoms with E-state index in [1.807, 2.05) is 24.3 Å². The van der Waals surface area contributed by atoms with Gasteiger partial charge in [-0.15, -0.1) is 0 Å². The average molecular weight is 439 g/mol. The molecule has 3 aromatic rings. The second kappa shape index (κ2) is 11.3. The average Bonchev–Trinajstić information content (AvgIpc) is 3.46. The number of nitrogens with zero attached hydrogens (tertiary/aromatic N) is 1. The van der Waals surface area contributed by atoms with Crippen molar-refractivity contribution in [2.24, 2.45) is 0 Å². The fourth-order valence-corrected chi connectivity index (χ4v) is 3.78. The smallest absolute Gasteiger partial charge is 0.303 e. The number of hydrogen-bond acceptors (Lipinski definition) is 5. The third-order valence-electron chi connectivity index (χ3n) is 5.45. The zero-order chi connectivity index (χ0) is 22.9. The van der Waals surface area contributed by atoms with E-state index in [0.717, 1.165) is 66.7 Å². The first-order chi connectivity index (χ1) is 15.5. The van der Waals surface area contributed by atoms with Crippen LogP contribution < -0.4 is 10.3 Å². The van der Waals surface area contributed by atoms with E-state index in [-0.39, 0.29) is 5.56 Å². The van der Waals surface area contributed by atoms with Gasteiger partial charge in [-0.2, -0.15) is 0 Å². The van der Waals surface area contributed by atoms with Gasteiger partial charge in [-0.25, -0.2) is 4.98 Å². The molecule has 0 saturated heterocycles. The standard InChI is InChI=1S/C18H16N2O3.C7H14O2/c1-22-13-8-6-11(7-9-13)14-15-17(21)19-10-20-18(15)23-16(14)12-4-2-3-5-12;1-2-3-4-5-6-7(8)9/h4,6-10H,2-3,5H2,1H3,(H,19,20,21);2-6H2,1H3,(H,8,9). The number of furan rings is 1. The van der Waals surface area contributed by atoms with Crippen molar-refractivity contribution in [2.45, 2.75) is 58.3 Å². The van der Waals surface area contributed by atoms with Gasteiger partial charge in [-0.05, 0) is 49.0 Å². The Bertz CT molecular complexity index is 1130. The number of methoxy groups -OCH3 is 1. The highest BCUT2D eigenvalue weighted by atomic mass is 16.5. The van der Waals surface area contributed by atoms with E-state index in [9.17, 15) is 9.59 Å². The van der Waals surface area contributed by atoms with Crippen molar-refractivity contribution in [1.29, 1.82) is 0 Å². The minimum Gasteiger partial charge on any atom is -0.497 e. The van der Waals surface area contributed by atoms with Crippen molar-refractivity contribution >= 4 is 22.6 Å². The molecule has 0 aliphatic heterocycles. The van der Waals surface area contributed by atoms with E-state index in [4.69, 9.17) is 14.3 Å². The van der Waals surface area contributed by atoms with Gasteiger partial charge in [-0.3, -0.25) is 9.59 Å². The number of benzene rings is 1. The van der Waals surface area contributed by atoms with Crippen LogP contribution in [0.4, 0.5) is 0 Å². The fourth-order valence-electron chi connectivity index (χ4n) is 3.78. The van der Waals surface area contributed by atoms with Gasteiger partial charge in [-0.1, -0.05) is 44.4 Å². The van der Waals surface area contributed by atoms with Crippen LogP contribution in [0.2, 0.25) is 0 Å². The number of fused-ring (bicyclic) bond motifs is 1. The number of carboxylic acids is 1. The number of nitrogens with one attached hydrogen (secondary N) is 1. The maximum absolute atomic E-state index is 12.3. The molecule has 1 aromatic carbocycles. The lowest BCUT2D eigenvalue weighted by molar-refractivity contribution is -0.137. The summed E-state index contributed by atoms with van der Waals surface area (Å²) < 4.78 is 11.2. The van der Waals surface area contributed by atoms with Gasteiger partial charge in [0.1, 0.15) is 16.9 Å². The largest absolute Gasteiger partial charge is 0.497 e. The van der Waals surface area contributed by atoms with Gasteiger partial charge >= 0.3 is 5.97 Å². The molecule has 32 heavy (non-hydrogen) atoms. The van der Waals surface area contributed by atoms with Gasteiger partial charge in [0.25, 0.3) is 5.56 Å². The van der Waals surface area contributed by atoms with E-state index in [1.54, 1.807) is 7.11 Å². The quantitative estimate of drug-likeness (QED) is 0.431. The van der Waals surface area contributed by atoms with Gasteiger partial charge in [0.05, 0.1) is 13.4 Å². The number of allylic oxidation sites excluding steroid dienone is 2. The molecule has 1 aliphatic rings. The summed E-state index contributed by atoms with van der Waals surface area (Å²) in [6.07, 6.45) is 11.2. The Balaban J connectivity index is 0.000000275. The van der Waals surface area contributed by atoms with Crippen molar-refractivity contribution in [3.63, 3.8) is 0 Å². The van der Waals surface area contributed by atoms with Crippen LogP contribution in [0.15, 0.2) is 45.9 Å². The highest BCUT2D eigenvalue weighted by Gasteiger charge is 2.23. The maximum atomic E-state index is 12.3. The molecule has 7 nitrogen and oxygen atoms in total. The molecular weight excluding hydrogens is 408 g/mol. The highest BCUT2D eigenvalue weighted by Crippen LogP contribution is 2.40. The number of unbranched alkanes of at least 4 members (excludes halogenated alkanes) is 3. The van der Waals surface area contributed by atoms with Crippen LogP contribution >= 0.6 is 0 Å². The number of H-pyrrole nitrogens is 1. The number of hydrogen-bond donors (Lipinski definition) is 2. The Morgan fingerprint density at radius 3 is 2.62 bits per heavy atom. The van der Waals surface area contributed by atoms with Crippen LogP contribution in [-0.2, 0) is 4.79 Å². The Morgan fingerprint density at radius 2 is 2.00 bits per heavy atom. The van der Waals surface area contributed by atoms with E-state index in [1.165, 1.54) is 12.7 Å². The number of aromatic nitrogens is 2. The van der Waals surface area contributed by atoms with Crippen LogP contribution in [0.1, 0.15) is 64.1 Å². The first-order valence-corrected chi connectivity index (χ1v) is 11.1. The number of carboxylic acid groups (broad SMARTS) is 1. The number of carbonyl (C=O) groups is 1. The molecule has 0 amide bonds. The van der Waals surface area contributed by atoms with Crippen LogP contribution in [0, 0.1) is 0 Å². The molecule has 1 aliphatic carbocycles. The molecule has 2 N–H and O–H groups in total. The summed E-state index contributed by atoms with van der Waals surface area (Å²) >= 11 is 0. The molecular formula is C25H30N2O5. The van der Waals surface area contributed by atoms with Gasteiger partial charge < -0.3 is 19.2 Å². The number of ether oxygens (including phenoxy) is 1. The molecule has 0 atom stereocenters. The SMILES string of the molecule is CCCCCCC(=O)O.COc1ccc(-c2c(C3=CCCC3)oc3nc[nH]c(=O)c23)cc1. The van der Waals surface area contributed by atoms with Crippen molar-refractivity contribution in [2.75, 3.05) is 7.11 Å². The molecule has 0 spiro atoms. The first kappa shape index (κ1) is 23.3. The highest BCUT2D eigenvalue weighted by molar-refractivity contribution is 5.98. The zero-order valence-electron chi connectivity index (χ0n) is 18.6. The molecule has 0 saturated carbocycles. The van der Waals surface area contributed by atoms with Gasteiger partial charge in [0.2, 0.25) is 5.71 Å². The van der Waals surface area contributed by atoms with E-state index in [2.05, 4.69) is 23.0 Å². The summed E-state index contributed by atoms with van der Waals surface area (Å²) in [5, 5.41) is 8.71. The molecule has 4 rings (SSSR count). The Kier molecular flexibility index (Phi) is 8.25. The van der Waals surface area contributed by atoms with Crippen LogP contribution in [0.3, 0.4) is 0 Å². The molecule has 0 unspecified atom stereocenters. The van der Waals surface area contributed by atoms with Crippen LogP contribution in [-0.4, -0.2) is 28.2 Å². The number of aliphatic carboxylic acids is 1. The lowest BCUT2D eigenvalue weighted by Gasteiger charge is -2.05. The third kappa shape index (κ3) is 5.66. The van der Waals surface area contributed by atoms with E-state index < -0.39 is 5.97 Å². The van der Waals surface area contributed by atoms with Crippen molar-refractivity contribution in [1.82, 2.24) is 9.97 Å². The fraction of sp³-hybridized carbons (Fsp3) is 0.400. The Hall–Kier alpha value is -3.35. The summed E-state index contributed by atoms with van der Waals surface area (Å²) in [5.74, 6) is 0.855. The molecule has 2 aromatic heterocycles. The van der Waals surface area contributed by atoms with Crippen molar-refractivity contribution in [3.05, 3.63) is 52.8 Å². The predicted molar refractivity (Wildman–Crippen MR) is 125 cm³/mol. The number of aromatic amines is 1. The molecule has 7 heteroatoms. The van der Waals surface area contributed by atoms with Gasteiger partial charge in [0, 0.05) is 12.0 Å². The van der Waals surface area contributed by atoms with Crippen LogP contribution in [0.5, 0.6) is 5.75 Å². The predicted octanol–water partition coefficient (Wildman–Crippen LogP) is 5.80. The lowest BCUT2D eigenvalue weighted by atomic mass is 9.99. The third-order valence-corrected chi connectivity index (χ3v) is 5.45. The van der Waals surface area contributed by atoms with Crippen LogP contribution in [0.25, 0.3) is 27.8 Å². The first-order valence-electron chi connectivity index (χ1n) is 11.1. The Morgan fingerprint density at radius 1 is 1.22 bits per heavy atom. The van der Waals surface area contributed by atoms with E-state index in [0.29, 0.717) is 17.5 Å². The van der Waals surface area contributed by atoms with Crippen molar-refractivity contribution < 1.29 is 19.1 Å². The summed E-state index contributed by atoms with van der Waals surface area (Å²) in [4.78, 5) is 29.1. The molecule has 2 heterocycles. The minimum atomic E-state index is -0.675.